The lowest BCUT2D eigenvalue weighted by Crippen LogP contribution is -2.33. The molecule has 0 bridgehead atoms. The average molecular weight is 156 g/mol. The van der Waals surface area contributed by atoms with Gasteiger partial charge >= 0.3 is 0 Å². The van der Waals surface area contributed by atoms with Crippen LogP contribution in [0.3, 0.4) is 0 Å². The molecule has 0 rings (SSSR count). The van der Waals surface area contributed by atoms with Crippen LogP contribution in [0.2, 0.25) is 0 Å². The van der Waals surface area contributed by atoms with Crippen molar-refractivity contribution in [3.05, 3.63) is 11.6 Å². The number of hydrogen-bond donors (Lipinski definition) is 1. The monoisotopic (exact) mass is 156 g/mol. The molecule has 1 N–H and O–H groups in total. The highest BCUT2D eigenvalue weighted by Gasteiger charge is 2.00. The molecular formula is C8H16N2O. The lowest BCUT2D eigenvalue weighted by Gasteiger charge is -2.10. The van der Waals surface area contributed by atoms with Crippen LogP contribution in [0.5, 0.6) is 0 Å². The molecule has 11 heavy (non-hydrogen) atoms. The van der Waals surface area contributed by atoms with Crippen molar-refractivity contribution in [3.8, 4) is 0 Å². The predicted molar refractivity (Wildman–Crippen MR) is 46.1 cm³/mol. The van der Waals surface area contributed by atoms with Gasteiger partial charge in [0.2, 0.25) is 5.91 Å². The Kier molecular flexibility index (Phi) is 4.54. The van der Waals surface area contributed by atoms with E-state index >= 15 is 0 Å². The Morgan fingerprint density at radius 1 is 1.55 bits per heavy atom. The maximum Gasteiger partial charge on any atom is 0.247 e. The number of nitrogens with one attached hydrogen (secondary N) is 1. The van der Waals surface area contributed by atoms with Crippen LogP contribution in [0.25, 0.3) is 0 Å². The van der Waals surface area contributed by atoms with Crippen LogP contribution in [0.15, 0.2) is 11.6 Å². The van der Waals surface area contributed by atoms with Crippen LogP contribution >= 0.6 is 0 Å². The first kappa shape index (κ1) is 10.2. The first-order valence-corrected chi connectivity index (χ1v) is 3.63. The van der Waals surface area contributed by atoms with Crippen molar-refractivity contribution in [2.45, 2.75) is 13.8 Å². The van der Waals surface area contributed by atoms with Crippen molar-refractivity contribution >= 4 is 5.91 Å². The molecule has 0 saturated carbocycles. The number of hydrogen-bond acceptors (Lipinski definition) is 2. The Balaban J connectivity index is 3.71. The highest BCUT2D eigenvalue weighted by atomic mass is 16.1. The third-order valence-corrected chi connectivity index (χ3v) is 1.35. The summed E-state index contributed by atoms with van der Waals surface area (Å²) in [6.45, 7) is 4.24. The SMILES string of the molecule is CC=C(C)C(=O)NCN(C)C. The Bertz CT molecular complexity index is 161. The van der Waals surface area contributed by atoms with Crippen LogP contribution in [0.1, 0.15) is 13.8 Å². The highest BCUT2D eigenvalue weighted by molar-refractivity contribution is 5.92. The molecule has 0 aliphatic heterocycles. The second kappa shape index (κ2) is 4.91. The van der Waals surface area contributed by atoms with Crippen molar-refractivity contribution in [1.29, 1.82) is 0 Å². The summed E-state index contributed by atoms with van der Waals surface area (Å²) in [4.78, 5) is 13.0. The van der Waals surface area contributed by atoms with E-state index < -0.39 is 0 Å². The van der Waals surface area contributed by atoms with Crippen LogP contribution in [0, 0.1) is 0 Å². The summed E-state index contributed by atoms with van der Waals surface area (Å²) >= 11 is 0. The first-order chi connectivity index (χ1) is 5.07. The molecule has 0 aromatic carbocycles. The smallest absolute Gasteiger partial charge is 0.247 e. The summed E-state index contributed by atoms with van der Waals surface area (Å²) in [5.74, 6) is 0.00111. The molecular weight excluding hydrogens is 140 g/mol. The molecule has 0 aliphatic rings. The zero-order valence-electron chi connectivity index (χ0n) is 7.64. The topological polar surface area (TPSA) is 32.3 Å². The van der Waals surface area contributed by atoms with E-state index in [9.17, 15) is 4.79 Å². The number of nitrogens with zero attached hydrogens (tertiary/aromatic N) is 1. The van der Waals surface area contributed by atoms with E-state index in [1.807, 2.05) is 25.9 Å². The maximum atomic E-state index is 11.1. The van der Waals surface area contributed by atoms with Crippen LogP contribution in [-0.4, -0.2) is 31.6 Å². The zero-order valence-corrected chi connectivity index (χ0v) is 7.64. The summed E-state index contributed by atoms with van der Waals surface area (Å²) < 4.78 is 0. The van der Waals surface area contributed by atoms with Crippen molar-refractivity contribution in [2.75, 3.05) is 20.8 Å². The Hall–Kier alpha value is -0.830. The van der Waals surface area contributed by atoms with Gasteiger partial charge in [-0.25, -0.2) is 0 Å². The molecule has 0 heterocycles. The summed E-state index contributed by atoms with van der Waals surface area (Å²) in [6, 6.07) is 0. The second-order valence-corrected chi connectivity index (χ2v) is 2.72. The van der Waals surface area contributed by atoms with E-state index in [2.05, 4.69) is 5.32 Å². The summed E-state index contributed by atoms with van der Waals surface area (Å²) in [6.07, 6.45) is 1.80. The second-order valence-electron chi connectivity index (χ2n) is 2.72. The number of amides is 1. The molecule has 64 valence electrons. The molecule has 0 aromatic rings. The minimum absolute atomic E-state index is 0.00111. The fraction of sp³-hybridized carbons (Fsp3) is 0.625. The van der Waals surface area contributed by atoms with Gasteiger partial charge in [-0.1, -0.05) is 6.08 Å². The van der Waals surface area contributed by atoms with Crippen LogP contribution in [-0.2, 0) is 4.79 Å². The molecule has 3 heteroatoms. The van der Waals surface area contributed by atoms with Gasteiger partial charge < -0.3 is 5.32 Å². The molecule has 0 unspecified atom stereocenters. The highest BCUT2D eigenvalue weighted by Crippen LogP contribution is 1.89. The molecule has 0 saturated heterocycles. The largest absolute Gasteiger partial charge is 0.340 e. The van der Waals surface area contributed by atoms with Gasteiger partial charge in [0.05, 0.1) is 6.67 Å². The average Bonchev–Trinajstić information content (AvgIpc) is 1.98. The quantitative estimate of drug-likeness (QED) is 0.479. The lowest BCUT2D eigenvalue weighted by atomic mass is 10.3. The minimum atomic E-state index is 0.00111. The fourth-order valence-corrected chi connectivity index (χ4v) is 0.500. The van der Waals surface area contributed by atoms with E-state index in [0.717, 1.165) is 5.57 Å². The van der Waals surface area contributed by atoms with Gasteiger partial charge in [-0.15, -0.1) is 0 Å². The Labute approximate surface area is 68.1 Å². The van der Waals surface area contributed by atoms with Crippen LogP contribution in [0.4, 0.5) is 0 Å². The summed E-state index contributed by atoms with van der Waals surface area (Å²) in [5, 5.41) is 2.75. The predicted octanol–water partition coefficient (Wildman–Crippen LogP) is 0.588. The zero-order chi connectivity index (χ0) is 8.85. The summed E-state index contributed by atoms with van der Waals surface area (Å²) in [7, 11) is 3.82. The van der Waals surface area contributed by atoms with Crippen molar-refractivity contribution in [2.24, 2.45) is 0 Å². The van der Waals surface area contributed by atoms with E-state index in [-0.39, 0.29) is 5.91 Å². The van der Waals surface area contributed by atoms with Gasteiger partial charge in [-0.3, -0.25) is 9.69 Å². The van der Waals surface area contributed by atoms with Gasteiger partial charge in [0.1, 0.15) is 0 Å². The third-order valence-electron chi connectivity index (χ3n) is 1.35. The van der Waals surface area contributed by atoms with Gasteiger partial charge in [0.25, 0.3) is 0 Å². The van der Waals surface area contributed by atoms with E-state index in [1.54, 1.807) is 13.0 Å². The number of allylic oxidation sites excluding steroid dienone is 1. The number of rotatable bonds is 3. The molecule has 0 aromatic heterocycles. The molecule has 1 amide bonds. The van der Waals surface area contributed by atoms with E-state index in [4.69, 9.17) is 0 Å². The minimum Gasteiger partial charge on any atom is -0.340 e. The molecule has 0 fully saturated rings. The van der Waals surface area contributed by atoms with E-state index in [0.29, 0.717) is 6.67 Å². The van der Waals surface area contributed by atoms with Crippen molar-refractivity contribution in [3.63, 3.8) is 0 Å². The van der Waals surface area contributed by atoms with Crippen molar-refractivity contribution < 1.29 is 4.79 Å². The molecule has 3 nitrogen and oxygen atoms in total. The third kappa shape index (κ3) is 4.56. The van der Waals surface area contributed by atoms with Crippen molar-refractivity contribution in [1.82, 2.24) is 10.2 Å². The molecule has 0 atom stereocenters. The lowest BCUT2D eigenvalue weighted by molar-refractivity contribution is -0.117. The molecule has 0 radical (unpaired) electrons. The normalized spacial score (nSPS) is 11.9. The standard InChI is InChI=1S/C8H16N2O/c1-5-7(2)8(11)9-6-10(3)4/h5H,6H2,1-4H3,(H,9,11). The molecule has 0 spiro atoms. The number of carbonyl (C=O) groups excluding carboxylic acids is 1. The Morgan fingerprint density at radius 3 is 2.45 bits per heavy atom. The number of carbonyl (C=O) groups is 1. The van der Waals surface area contributed by atoms with Gasteiger partial charge in [-0.2, -0.15) is 0 Å². The van der Waals surface area contributed by atoms with Gasteiger partial charge in [-0.05, 0) is 27.9 Å². The van der Waals surface area contributed by atoms with E-state index in [1.165, 1.54) is 0 Å². The van der Waals surface area contributed by atoms with Gasteiger partial charge in [0.15, 0.2) is 0 Å². The Morgan fingerprint density at radius 2 is 2.09 bits per heavy atom. The van der Waals surface area contributed by atoms with Crippen LogP contribution < -0.4 is 5.32 Å². The first-order valence-electron chi connectivity index (χ1n) is 3.63. The summed E-state index contributed by atoms with van der Waals surface area (Å²) in [5.41, 5.74) is 0.756. The fourth-order valence-electron chi connectivity index (χ4n) is 0.500. The maximum absolute atomic E-state index is 11.1. The van der Waals surface area contributed by atoms with Gasteiger partial charge in [0, 0.05) is 5.57 Å². The molecule has 0 aliphatic carbocycles.